The van der Waals surface area contributed by atoms with Gasteiger partial charge in [-0.25, -0.2) is 4.98 Å². The summed E-state index contributed by atoms with van der Waals surface area (Å²) in [6.07, 6.45) is 0. The maximum absolute atomic E-state index is 8.57. The van der Waals surface area contributed by atoms with Gasteiger partial charge >= 0.3 is 0 Å². The summed E-state index contributed by atoms with van der Waals surface area (Å²) in [6, 6.07) is 9.60. The second-order valence-electron chi connectivity index (χ2n) is 2.51. The molecule has 3 heteroatoms. The zero-order chi connectivity index (χ0) is 9.26. The van der Waals surface area contributed by atoms with E-state index in [0.29, 0.717) is 5.01 Å². The highest BCUT2D eigenvalue weighted by Gasteiger charge is 2.05. The molecule has 0 aliphatic heterocycles. The van der Waals surface area contributed by atoms with E-state index in [9.17, 15) is 0 Å². The third kappa shape index (κ3) is 1.32. The molecule has 0 saturated carbocycles. The van der Waals surface area contributed by atoms with Crippen molar-refractivity contribution in [1.29, 1.82) is 5.26 Å². The first kappa shape index (κ1) is 7.96. The molecular weight excluding hydrogens is 180 g/mol. The lowest BCUT2D eigenvalue weighted by Gasteiger charge is -1.82. The number of fused-ring (bicyclic) bond motifs is 1. The Morgan fingerprint density at radius 1 is 1.46 bits per heavy atom. The van der Waals surface area contributed by atoms with E-state index in [1.807, 2.05) is 30.3 Å². The van der Waals surface area contributed by atoms with Crippen molar-refractivity contribution in [2.45, 2.75) is 0 Å². The molecule has 1 aromatic carbocycles. The van der Waals surface area contributed by atoms with Crippen molar-refractivity contribution < 1.29 is 0 Å². The molecule has 0 bridgehead atoms. The fourth-order valence-corrected chi connectivity index (χ4v) is 1.91. The SMILES string of the molecule is [CH]=C(C#N)c1nc2ccccc2s1. The van der Waals surface area contributed by atoms with Crippen molar-refractivity contribution in [3.05, 3.63) is 35.9 Å². The fraction of sp³-hybridized carbons (Fsp3) is 0. The molecule has 0 amide bonds. The van der Waals surface area contributed by atoms with Gasteiger partial charge in [0.1, 0.15) is 11.1 Å². The van der Waals surface area contributed by atoms with E-state index >= 15 is 0 Å². The number of allylic oxidation sites excluding steroid dienone is 1. The monoisotopic (exact) mass is 185 g/mol. The molecule has 0 atom stereocenters. The quantitative estimate of drug-likeness (QED) is 0.640. The van der Waals surface area contributed by atoms with Crippen molar-refractivity contribution in [2.75, 3.05) is 0 Å². The summed E-state index contributed by atoms with van der Waals surface area (Å²) in [7, 11) is 0. The minimum absolute atomic E-state index is 0.182. The number of benzene rings is 1. The molecule has 0 aliphatic carbocycles. The van der Waals surface area contributed by atoms with Crippen LogP contribution >= 0.6 is 11.3 Å². The second-order valence-corrected chi connectivity index (χ2v) is 3.54. The van der Waals surface area contributed by atoms with Gasteiger partial charge in [-0.05, 0) is 18.7 Å². The van der Waals surface area contributed by atoms with Gasteiger partial charge in [0.2, 0.25) is 0 Å². The summed E-state index contributed by atoms with van der Waals surface area (Å²) in [5.74, 6) is 0. The lowest BCUT2D eigenvalue weighted by molar-refractivity contribution is 1.43. The van der Waals surface area contributed by atoms with Crippen LogP contribution in [0.3, 0.4) is 0 Å². The van der Waals surface area contributed by atoms with Crippen LogP contribution in [0.4, 0.5) is 0 Å². The molecule has 2 aromatic rings. The Hall–Kier alpha value is -1.66. The van der Waals surface area contributed by atoms with Crippen LogP contribution < -0.4 is 0 Å². The zero-order valence-electron chi connectivity index (χ0n) is 6.69. The van der Waals surface area contributed by atoms with Crippen molar-refractivity contribution in [1.82, 2.24) is 4.98 Å². The van der Waals surface area contributed by atoms with E-state index in [1.165, 1.54) is 11.3 Å². The van der Waals surface area contributed by atoms with Gasteiger partial charge in [-0.15, -0.1) is 11.3 Å². The van der Waals surface area contributed by atoms with E-state index < -0.39 is 0 Å². The summed E-state index contributed by atoms with van der Waals surface area (Å²) in [5.41, 5.74) is 1.07. The van der Waals surface area contributed by atoms with Crippen LogP contribution in [0.25, 0.3) is 15.8 Å². The van der Waals surface area contributed by atoms with Crippen LogP contribution in [0.2, 0.25) is 0 Å². The van der Waals surface area contributed by atoms with E-state index in [0.717, 1.165) is 10.2 Å². The average molecular weight is 185 g/mol. The van der Waals surface area contributed by atoms with E-state index in [2.05, 4.69) is 4.98 Å². The summed E-state index contributed by atoms with van der Waals surface area (Å²) < 4.78 is 1.05. The molecule has 0 saturated heterocycles. The zero-order valence-corrected chi connectivity index (χ0v) is 7.51. The molecule has 0 aliphatic rings. The first-order chi connectivity index (χ1) is 6.31. The van der Waals surface area contributed by atoms with Crippen LogP contribution in [0.1, 0.15) is 5.01 Å². The number of nitrogens with zero attached hydrogens (tertiary/aromatic N) is 2. The molecule has 0 fully saturated rings. The van der Waals surface area contributed by atoms with Crippen LogP contribution in [0.5, 0.6) is 0 Å². The fourth-order valence-electron chi connectivity index (χ4n) is 1.04. The maximum atomic E-state index is 8.57. The Morgan fingerprint density at radius 2 is 2.23 bits per heavy atom. The second kappa shape index (κ2) is 3.00. The number of thiazole rings is 1. The van der Waals surface area contributed by atoms with Gasteiger partial charge in [0.25, 0.3) is 0 Å². The van der Waals surface area contributed by atoms with Crippen LogP contribution in [0, 0.1) is 17.9 Å². The summed E-state index contributed by atoms with van der Waals surface area (Å²) >= 11 is 1.43. The van der Waals surface area contributed by atoms with Crippen molar-refractivity contribution >= 4 is 27.1 Å². The van der Waals surface area contributed by atoms with Gasteiger partial charge in [0.05, 0.1) is 15.8 Å². The predicted molar refractivity (Wildman–Crippen MR) is 52.9 cm³/mol. The summed E-state index contributed by atoms with van der Waals surface area (Å²) in [4.78, 5) is 4.22. The molecule has 1 heterocycles. The molecule has 0 spiro atoms. The molecule has 1 aromatic heterocycles. The molecular formula is C10H5N2S. The highest BCUT2D eigenvalue weighted by atomic mass is 32.1. The smallest absolute Gasteiger partial charge is 0.135 e. The molecule has 2 nitrogen and oxygen atoms in total. The number of para-hydroxylation sites is 1. The summed E-state index contributed by atoms with van der Waals surface area (Å²) in [6.45, 7) is 5.46. The molecule has 2 rings (SSSR count). The highest BCUT2D eigenvalue weighted by Crippen LogP contribution is 2.25. The standard InChI is InChI=1S/C10H5N2S/c1-7(6-11)10-12-8-4-2-3-5-9(8)13-10/h1-5H. The number of hydrogen-bond acceptors (Lipinski definition) is 3. The van der Waals surface area contributed by atoms with Crippen molar-refractivity contribution in [2.24, 2.45) is 0 Å². The number of aromatic nitrogens is 1. The third-order valence-corrected chi connectivity index (χ3v) is 2.71. The average Bonchev–Trinajstić information content (AvgIpc) is 2.59. The molecule has 0 N–H and O–H groups in total. The predicted octanol–water partition coefficient (Wildman–Crippen LogP) is 2.64. The maximum Gasteiger partial charge on any atom is 0.135 e. The molecule has 1 radical (unpaired) electrons. The van der Waals surface area contributed by atoms with Crippen LogP contribution in [-0.4, -0.2) is 4.98 Å². The van der Waals surface area contributed by atoms with Crippen molar-refractivity contribution in [3.63, 3.8) is 0 Å². The van der Waals surface area contributed by atoms with Gasteiger partial charge in [0.15, 0.2) is 0 Å². The van der Waals surface area contributed by atoms with Gasteiger partial charge in [-0.3, -0.25) is 0 Å². The largest absolute Gasteiger partial charge is 0.235 e. The van der Waals surface area contributed by atoms with Gasteiger partial charge in [-0.1, -0.05) is 12.1 Å². The number of rotatable bonds is 1. The Balaban J connectivity index is 2.64. The van der Waals surface area contributed by atoms with Crippen molar-refractivity contribution in [3.8, 4) is 6.07 Å². The van der Waals surface area contributed by atoms with Crippen LogP contribution in [-0.2, 0) is 0 Å². The first-order valence-electron chi connectivity index (χ1n) is 3.70. The lowest BCUT2D eigenvalue weighted by Crippen LogP contribution is -1.74. The van der Waals surface area contributed by atoms with Gasteiger partial charge in [-0.2, -0.15) is 5.26 Å². The minimum atomic E-state index is 0.182. The van der Waals surface area contributed by atoms with E-state index in [4.69, 9.17) is 11.8 Å². The Kier molecular flexibility index (Phi) is 1.84. The van der Waals surface area contributed by atoms with Crippen LogP contribution in [0.15, 0.2) is 24.3 Å². The van der Waals surface area contributed by atoms with Gasteiger partial charge in [0, 0.05) is 0 Å². The highest BCUT2D eigenvalue weighted by molar-refractivity contribution is 7.19. The summed E-state index contributed by atoms with van der Waals surface area (Å²) in [5, 5.41) is 9.17. The normalized spacial score (nSPS) is 9.77. The molecule has 61 valence electrons. The van der Waals surface area contributed by atoms with Gasteiger partial charge < -0.3 is 0 Å². The third-order valence-electron chi connectivity index (χ3n) is 1.64. The first-order valence-corrected chi connectivity index (χ1v) is 4.51. The Morgan fingerprint density at radius 3 is 2.92 bits per heavy atom. The van der Waals surface area contributed by atoms with E-state index in [-0.39, 0.29) is 5.57 Å². The topological polar surface area (TPSA) is 36.7 Å². The molecule has 0 unspecified atom stereocenters. The minimum Gasteiger partial charge on any atom is -0.235 e. The molecule has 13 heavy (non-hydrogen) atoms. The van der Waals surface area contributed by atoms with E-state index in [1.54, 1.807) is 0 Å². The lowest BCUT2D eigenvalue weighted by atomic mass is 10.3. The Labute approximate surface area is 79.8 Å². The number of nitriles is 1. The number of hydrogen-bond donors (Lipinski definition) is 0. The Bertz CT molecular complexity index is 472.